The van der Waals surface area contributed by atoms with Crippen LogP contribution >= 0.6 is 0 Å². The summed E-state index contributed by atoms with van der Waals surface area (Å²) < 4.78 is 15.9. The number of imidazole rings is 1. The van der Waals surface area contributed by atoms with Crippen molar-refractivity contribution in [2.24, 2.45) is 0 Å². The minimum atomic E-state index is -0.310. The number of aliphatic hydroxyl groups excluding tert-OH is 1. The van der Waals surface area contributed by atoms with Gasteiger partial charge in [0.1, 0.15) is 17.2 Å². The van der Waals surface area contributed by atoms with Crippen molar-refractivity contribution in [2.75, 3.05) is 6.61 Å². The Morgan fingerprint density at radius 3 is 2.86 bits per heavy atom. The van der Waals surface area contributed by atoms with Crippen molar-refractivity contribution >= 4 is 11.2 Å². The molecule has 0 spiro atoms. The summed E-state index contributed by atoms with van der Waals surface area (Å²) >= 11 is 0. The van der Waals surface area contributed by atoms with Gasteiger partial charge in [-0.2, -0.15) is 0 Å². The third-order valence-corrected chi connectivity index (χ3v) is 3.38. The van der Waals surface area contributed by atoms with Crippen LogP contribution in [0.4, 0.5) is 4.39 Å². The lowest BCUT2D eigenvalue weighted by molar-refractivity contribution is 0.280. The highest BCUT2D eigenvalue weighted by Gasteiger charge is 2.16. The van der Waals surface area contributed by atoms with E-state index in [1.54, 1.807) is 24.4 Å². The van der Waals surface area contributed by atoms with Gasteiger partial charge in [0.2, 0.25) is 0 Å². The SMILES string of the molecule is Cc1cnc2c(c1)nc(-c1ccccc1F)n2CCCO. The minimum Gasteiger partial charge on any atom is -0.396 e. The maximum Gasteiger partial charge on any atom is 0.160 e. The Morgan fingerprint density at radius 1 is 1.29 bits per heavy atom. The maximum absolute atomic E-state index is 14.1. The van der Waals surface area contributed by atoms with Crippen molar-refractivity contribution in [2.45, 2.75) is 19.9 Å². The summed E-state index contributed by atoms with van der Waals surface area (Å²) in [5.74, 6) is 0.240. The second-order valence-electron chi connectivity index (χ2n) is 5.00. The van der Waals surface area contributed by atoms with E-state index in [0.717, 1.165) is 11.1 Å². The molecular formula is C16H16FN3O. The van der Waals surface area contributed by atoms with Crippen molar-refractivity contribution in [1.29, 1.82) is 0 Å². The van der Waals surface area contributed by atoms with E-state index in [4.69, 9.17) is 5.11 Å². The molecule has 0 saturated heterocycles. The van der Waals surface area contributed by atoms with Gasteiger partial charge in [-0.25, -0.2) is 14.4 Å². The Kier molecular flexibility index (Phi) is 3.66. The number of hydrogen-bond acceptors (Lipinski definition) is 3. The molecule has 108 valence electrons. The van der Waals surface area contributed by atoms with Crippen LogP contribution in [0.5, 0.6) is 0 Å². The molecule has 3 aromatic rings. The van der Waals surface area contributed by atoms with Crippen molar-refractivity contribution in [3.05, 3.63) is 47.9 Å². The van der Waals surface area contributed by atoms with Crippen LogP contribution < -0.4 is 0 Å². The van der Waals surface area contributed by atoms with Gasteiger partial charge in [0, 0.05) is 19.3 Å². The lowest BCUT2D eigenvalue weighted by Crippen LogP contribution is -2.04. The molecule has 0 bridgehead atoms. The summed E-state index contributed by atoms with van der Waals surface area (Å²) in [6.07, 6.45) is 2.34. The number of benzene rings is 1. The van der Waals surface area contributed by atoms with Gasteiger partial charge in [-0.05, 0) is 37.1 Å². The monoisotopic (exact) mass is 285 g/mol. The molecule has 0 aliphatic heterocycles. The quantitative estimate of drug-likeness (QED) is 0.802. The highest BCUT2D eigenvalue weighted by Crippen LogP contribution is 2.26. The van der Waals surface area contributed by atoms with E-state index in [0.29, 0.717) is 30.0 Å². The maximum atomic E-state index is 14.1. The Morgan fingerprint density at radius 2 is 2.10 bits per heavy atom. The molecule has 1 aromatic carbocycles. The van der Waals surface area contributed by atoms with Crippen LogP contribution in [0.2, 0.25) is 0 Å². The molecule has 0 saturated carbocycles. The molecule has 0 amide bonds. The molecule has 5 heteroatoms. The van der Waals surface area contributed by atoms with E-state index in [-0.39, 0.29) is 12.4 Å². The molecule has 0 atom stereocenters. The van der Waals surface area contributed by atoms with Gasteiger partial charge in [-0.3, -0.25) is 0 Å². The zero-order chi connectivity index (χ0) is 14.8. The molecule has 0 aliphatic rings. The number of pyridine rings is 1. The Labute approximate surface area is 121 Å². The van der Waals surface area contributed by atoms with Gasteiger partial charge in [0.05, 0.1) is 5.56 Å². The first-order chi connectivity index (χ1) is 10.2. The van der Waals surface area contributed by atoms with Gasteiger partial charge in [-0.15, -0.1) is 0 Å². The minimum absolute atomic E-state index is 0.0717. The van der Waals surface area contributed by atoms with Gasteiger partial charge < -0.3 is 9.67 Å². The predicted octanol–water partition coefficient (Wildman–Crippen LogP) is 2.93. The summed E-state index contributed by atoms with van der Waals surface area (Å²) in [7, 11) is 0. The lowest BCUT2D eigenvalue weighted by Gasteiger charge is -2.08. The molecule has 0 unspecified atom stereocenters. The molecule has 0 fully saturated rings. The largest absolute Gasteiger partial charge is 0.396 e. The number of aliphatic hydroxyl groups is 1. The number of halogens is 1. The summed E-state index contributed by atoms with van der Waals surface area (Å²) in [4.78, 5) is 8.94. The predicted molar refractivity (Wildman–Crippen MR) is 79.4 cm³/mol. The molecule has 21 heavy (non-hydrogen) atoms. The molecule has 2 heterocycles. The van der Waals surface area contributed by atoms with Gasteiger partial charge in [0.15, 0.2) is 5.65 Å². The Bertz CT molecular complexity index is 782. The number of rotatable bonds is 4. The molecule has 1 N–H and O–H groups in total. The first-order valence-corrected chi connectivity index (χ1v) is 6.89. The zero-order valence-electron chi connectivity index (χ0n) is 11.8. The second-order valence-corrected chi connectivity index (χ2v) is 5.00. The van der Waals surface area contributed by atoms with Crippen LogP contribution in [-0.4, -0.2) is 26.2 Å². The zero-order valence-corrected chi connectivity index (χ0v) is 11.8. The molecule has 2 aromatic heterocycles. The van der Waals surface area contributed by atoms with Crippen LogP contribution in [-0.2, 0) is 6.54 Å². The fraction of sp³-hybridized carbons (Fsp3) is 0.250. The average Bonchev–Trinajstić information content (AvgIpc) is 2.83. The molecule has 3 rings (SSSR count). The molecule has 0 aliphatic carbocycles. The first-order valence-electron chi connectivity index (χ1n) is 6.89. The van der Waals surface area contributed by atoms with E-state index < -0.39 is 0 Å². The number of aryl methyl sites for hydroxylation is 2. The summed E-state index contributed by atoms with van der Waals surface area (Å²) in [5.41, 5.74) is 2.92. The van der Waals surface area contributed by atoms with Crippen molar-refractivity contribution in [3.8, 4) is 11.4 Å². The Balaban J connectivity index is 2.23. The number of fused-ring (bicyclic) bond motifs is 1. The molecular weight excluding hydrogens is 269 g/mol. The number of hydrogen-bond donors (Lipinski definition) is 1. The van der Waals surface area contributed by atoms with Crippen LogP contribution in [0.25, 0.3) is 22.6 Å². The van der Waals surface area contributed by atoms with E-state index in [1.807, 2.05) is 17.6 Å². The standard InChI is InChI=1S/C16H16FN3O/c1-11-9-14-16(18-10-11)20(7-4-8-21)15(19-14)12-5-2-3-6-13(12)17/h2-3,5-6,9-10,21H,4,7-8H2,1H3. The van der Waals surface area contributed by atoms with Crippen LogP contribution in [0.15, 0.2) is 36.5 Å². The lowest BCUT2D eigenvalue weighted by atomic mass is 10.2. The van der Waals surface area contributed by atoms with E-state index >= 15 is 0 Å². The topological polar surface area (TPSA) is 50.9 Å². The van der Waals surface area contributed by atoms with Gasteiger partial charge in [0.25, 0.3) is 0 Å². The van der Waals surface area contributed by atoms with E-state index in [9.17, 15) is 4.39 Å². The van der Waals surface area contributed by atoms with E-state index in [2.05, 4.69) is 9.97 Å². The van der Waals surface area contributed by atoms with Gasteiger partial charge >= 0.3 is 0 Å². The van der Waals surface area contributed by atoms with Crippen molar-refractivity contribution in [3.63, 3.8) is 0 Å². The summed E-state index contributed by atoms with van der Waals surface area (Å²) in [5, 5.41) is 9.07. The average molecular weight is 285 g/mol. The third kappa shape index (κ3) is 2.52. The summed E-state index contributed by atoms with van der Waals surface area (Å²) in [6.45, 7) is 2.57. The highest BCUT2D eigenvalue weighted by atomic mass is 19.1. The summed E-state index contributed by atoms with van der Waals surface area (Å²) in [6, 6.07) is 8.50. The third-order valence-electron chi connectivity index (χ3n) is 3.38. The molecule has 0 radical (unpaired) electrons. The van der Waals surface area contributed by atoms with Gasteiger partial charge in [-0.1, -0.05) is 12.1 Å². The van der Waals surface area contributed by atoms with Crippen molar-refractivity contribution < 1.29 is 9.50 Å². The smallest absolute Gasteiger partial charge is 0.160 e. The number of nitrogens with zero attached hydrogens (tertiary/aromatic N) is 3. The fourth-order valence-electron chi connectivity index (χ4n) is 2.40. The normalized spacial score (nSPS) is 11.2. The fourth-order valence-corrected chi connectivity index (χ4v) is 2.40. The highest BCUT2D eigenvalue weighted by molar-refractivity contribution is 5.77. The van der Waals surface area contributed by atoms with Crippen LogP contribution in [0.1, 0.15) is 12.0 Å². The second kappa shape index (κ2) is 5.61. The molecule has 4 nitrogen and oxygen atoms in total. The van der Waals surface area contributed by atoms with Crippen LogP contribution in [0.3, 0.4) is 0 Å². The first kappa shape index (κ1) is 13.7. The van der Waals surface area contributed by atoms with Crippen LogP contribution in [0, 0.1) is 12.7 Å². The Hall–Kier alpha value is -2.27. The van der Waals surface area contributed by atoms with E-state index in [1.165, 1.54) is 6.07 Å². The number of aromatic nitrogens is 3. The van der Waals surface area contributed by atoms with Crippen molar-refractivity contribution in [1.82, 2.24) is 14.5 Å².